The van der Waals surface area contributed by atoms with E-state index in [1.807, 2.05) is 0 Å². The van der Waals surface area contributed by atoms with Crippen molar-refractivity contribution < 1.29 is 47.3 Å². The van der Waals surface area contributed by atoms with Crippen molar-refractivity contribution in [2.45, 2.75) is 51.9 Å². The maximum Gasteiger partial charge on any atom is 1.00 e. The van der Waals surface area contributed by atoms with Crippen molar-refractivity contribution in [1.82, 2.24) is 0 Å². The minimum atomic E-state index is -4.11. The predicted molar refractivity (Wildman–Crippen MR) is 63.4 cm³/mol. The Kier molecular flexibility index (Phi) is 15.8. The Balaban J connectivity index is 0. The van der Waals surface area contributed by atoms with Gasteiger partial charge >= 0.3 is 29.6 Å². The van der Waals surface area contributed by atoms with Gasteiger partial charge in [0.15, 0.2) is 0 Å². The Bertz CT molecular complexity index is 242. The standard InChI is InChI=1S/C11H24O4S.Na/c1-2-3-4-5-6-7-8-9-15-10-11-16(12,13)14;/h2-11H2,1H3,(H,12,13,14);/q;+1/p-1. The van der Waals surface area contributed by atoms with Gasteiger partial charge in [-0.05, 0) is 6.42 Å². The fraction of sp³-hybridized carbons (Fsp3) is 1.00. The van der Waals surface area contributed by atoms with Crippen molar-refractivity contribution in [3.63, 3.8) is 0 Å². The fourth-order valence-electron chi connectivity index (χ4n) is 1.42. The van der Waals surface area contributed by atoms with Crippen LogP contribution in [-0.2, 0) is 14.9 Å². The van der Waals surface area contributed by atoms with Crippen molar-refractivity contribution >= 4 is 10.1 Å². The third-order valence-corrected chi connectivity index (χ3v) is 3.04. The Labute approximate surface area is 128 Å². The van der Waals surface area contributed by atoms with Gasteiger partial charge in [0.05, 0.1) is 22.5 Å². The molecule has 0 aliphatic rings. The molecule has 0 saturated carbocycles. The number of rotatable bonds is 11. The summed E-state index contributed by atoms with van der Waals surface area (Å²) in [6, 6.07) is 0. The van der Waals surface area contributed by atoms with Crippen LogP contribution in [0.4, 0.5) is 0 Å². The summed E-state index contributed by atoms with van der Waals surface area (Å²) in [5, 5.41) is 0. The minimum Gasteiger partial charge on any atom is -0.748 e. The van der Waals surface area contributed by atoms with Gasteiger partial charge in [-0.2, -0.15) is 0 Å². The van der Waals surface area contributed by atoms with E-state index in [4.69, 9.17) is 4.74 Å². The van der Waals surface area contributed by atoms with Crippen LogP contribution in [0.3, 0.4) is 0 Å². The first kappa shape index (κ1) is 20.2. The predicted octanol–water partition coefficient (Wildman–Crippen LogP) is -0.697. The van der Waals surface area contributed by atoms with E-state index < -0.39 is 15.9 Å². The molecule has 0 aromatic carbocycles. The average molecular weight is 274 g/mol. The fourth-order valence-corrected chi connectivity index (χ4v) is 1.75. The molecule has 17 heavy (non-hydrogen) atoms. The summed E-state index contributed by atoms with van der Waals surface area (Å²) < 4.78 is 35.8. The molecule has 0 radical (unpaired) electrons. The molecule has 0 aromatic heterocycles. The van der Waals surface area contributed by atoms with Gasteiger partial charge < -0.3 is 9.29 Å². The van der Waals surface area contributed by atoms with Crippen LogP contribution in [0.25, 0.3) is 0 Å². The van der Waals surface area contributed by atoms with E-state index >= 15 is 0 Å². The third kappa shape index (κ3) is 19.4. The summed E-state index contributed by atoms with van der Waals surface area (Å²) in [7, 11) is -4.11. The van der Waals surface area contributed by atoms with Crippen LogP contribution in [0.1, 0.15) is 51.9 Å². The monoisotopic (exact) mass is 274 g/mol. The molecule has 0 aliphatic heterocycles. The zero-order valence-corrected chi connectivity index (χ0v) is 13.9. The van der Waals surface area contributed by atoms with E-state index in [0.29, 0.717) is 6.61 Å². The van der Waals surface area contributed by atoms with Gasteiger partial charge in [0.2, 0.25) is 0 Å². The maximum atomic E-state index is 10.2. The molecular formula is C11H23NaO4S. The molecule has 0 spiro atoms. The first-order chi connectivity index (χ1) is 7.56. The van der Waals surface area contributed by atoms with Gasteiger partial charge in [-0.3, -0.25) is 0 Å². The van der Waals surface area contributed by atoms with Crippen molar-refractivity contribution in [1.29, 1.82) is 0 Å². The van der Waals surface area contributed by atoms with Crippen LogP contribution in [0.5, 0.6) is 0 Å². The van der Waals surface area contributed by atoms with Crippen LogP contribution in [0.2, 0.25) is 0 Å². The van der Waals surface area contributed by atoms with Crippen LogP contribution >= 0.6 is 0 Å². The molecule has 0 rings (SSSR count). The molecular weight excluding hydrogens is 251 g/mol. The van der Waals surface area contributed by atoms with Crippen LogP contribution in [-0.4, -0.2) is 31.9 Å². The van der Waals surface area contributed by atoms with Crippen molar-refractivity contribution in [3.05, 3.63) is 0 Å². The molecule has 0 N–H and O–H groups in total. The van der Waals surface area contributed by atoms with Gasteiger partial charge in [-0.25, -0.2) is 8.42 Å². The molecule has 0 aromatic rings. The SMILES string of the molecule is CCCCCCCCCOCCS(=O)(=O)[O-].[Na+]. The number of ether oxygens (including phenoxy) is 1. The molecule has 0 aliphatic carbocycles. The molecule has 98 valence electrons. The summed E-state index contributed by atoms with van der Waals surface area (Å²) in [5.41, 5.74) is 0. The van der Waals surface area contributed by atoms with Gasteiger partial charge in [-0.15, -0.1) is 0 Å². The number of hydrogen-bond acceptors (Lipinski definition) is 4. The smallest absolute Gasteiger partial charge is 0.748 e. The molecule has 0 amide bonds. The molecule has 0 fully saturated rings. The zero-order chi connectivity index (χ0) is 12.3. The molecule has 0 heterocycles. The average Bonchev–Trinajstić information content (AvgIpc) is 2.19. The largest absolute Gasteiger partial charge is 1.00 e. The van der Waals surface area contributed by atoms with E-state index in [1.54, 1.807) is 0 Å². The maximum absolute atomic E-state index is 10.2. The first-order valence-corrected chi connectivity index (χ1v) is 7.65. The summed E-state index contributed by atoms with van der Waals surface area (Å²) in [6.45, 7) is 2.78. The van der Waals surface area contributed by atoms with Gasteiger partial charge in [0, 0.05) is 6.61 Å². The topological polar surface area (TPSA) is 66.4 Å². The van der Waals surface area contributed by atoms with Crippen LogP contribution in [0, 0.1) is 0 Å². The summed E-state index contributed by atoms with van der Waals surface area (Å²) in [6.07, 6.45) is 8.40. The molecule has 6 heteroatoms. The minimum absolute atomic E-state index is 0. The first-order valence-electron chi connectivity index (χ1n) is 6.07. The molecule has 0 unspecified atom stereocenters. The van der Waals surface area contributed by atoms with Crippen LogP contribution < -0.4 is 29.6 Å². The van der Waals surface area contributed by atoms with Crippen LogP contribution in [0.15, 0.2) is 0 Å². The molecule has 0 saturated heterocycles. The van der Waals surface area contributed by atoms with Gasteiger partial charge in [0.1, 0.15) is 0 Å². The van der Waals surface area contributed by atoms with Gasteiger partial charge in [-0.1, -0.05) is 45.4 Å². The van der Waals surface area contributed by atoms with Gasteiger partial charge in [0.25, 0.3) is 0 Å². The summed E-state index contributed by atoms with van der Waals surface area (Å²) >= 11 is 0. The van der Waals surface area contributed by atoms with E-state index in [2.05, 4.69) is 6.92 Å². The summed E-state index contributed by atoms with van der Waals surface area (Å²) in [4.78, 5) is 0. The number of hydrogen-bond donors (Lipinski definition) is 0. The van der Waals surface area contributed by atoms with Crippen molar-refractivity contribution in [2.75, 3.05) is 19.0 Å². The second-order valence-electron chi connectivity index (χ2n) is 4.00. The van der Waals surface area contributed by atoms with Crippen molar-refractivity contribution in [3.8, 4) is 0 Å². The Morgan fingerprint density at radius 1 is 0.941 bits per heavy atom. The Hall–Kier alpha value is 0.870. The second kappa shape index (κ2) is 13.3. The van der Waals surface area contributed by atoms with Crippen molar-refractivity contribution in [2.24, 2.45) is 0 Å². The molecule has 0 bridgehead atoms. The zero-order valence-electron chi connectivity index (χ0n) is 11.1. The summed E-state index contributed by atoms with van der Waals surface area (Å²) in [5.74, 6) is -0.413. The third-order valence-electron chi connectivity index (χ3n) is 2.37. The van der Waals surface area contributed by atoms with E-state index in [1.165, 1.54) is 32.1 Å². The Morgan fingerprint density at radius 2 is 1.47 bits per heavy atom. The van der Waals surface area contributed by atoms with E-state index in [0.717, 1.165) is 12.8 Å². The second-order valence-corrected chi connectivity index (χ2v) is 5.52. The van der Waals surface area contributed by atoms with E-state index in [-0.39, 0.29) is 36.2 Å². The normalized spacial score (nSPS) is 11.2. The molecule has 0 atom stereocenters. The number of unbranched alkanes of at least 4 members (excludes halogenated alkanes) is 6. The van der Waals surface area contributed by atoms with E-state index in [9.17, 15) is 13.0 Å². The quantitative estimate of drug-likeness (QED) is 0.284. The molecule has 4 nitrogen and oxygen atoms in total. The Morgan fingerprint density at radius 3 is 2.00 bits per heavy atom.